The minimum Gasteiger partial charge on any atom is -0.496 e. The molecule has 0 spiro atoms. The first-order valence-electron chi connectivity index (χ1n) is 13.7. The predicted molar refractivity (Wildman–Crippen MR) is 142 cm³/mol. The second kappa shape index (κ2) is 14.7. The summed E-state index contributed by atoms with van der Waals surface area (Å²) in [6, 6.07) is 3.06. The van der Waals surface area contributed by atoms with Crippen LogP contribution in [0.25, 0.3) is 0 Å². The average molecular weight is 583 g/mol. The molecule has 13 heteroatoms. The highest BCUT2D eigenvalue weighted by Gasteiger charge is 2.33. The number of nitrogens with one attached hydrogen (secondary N) is 3. The summed E-state index contributed by atoms with van der Waals surface area (Å²) in [7, 11) is 1.35. The van der Waals surface area contributed by atoms with Gasteiger partial charge in [0, 0.05) is 18.2 Å². The number of alkyl halides is 3. The van der Waals surface area contributed by atoms with E-state index in [0.717, 1.165) is 44.2 Å². The first kappa shape index (κ1) is 31.8. The molecule has 3 rings (SSSR count). The maximum Gasteiger partial charge on any atom is 0.573 e. The van der Waals surface area contributed by atoms with Crippen molar-refractivity contribution in [3.63, 3.8) is 0 Å². The Labute approximate surface area is 236 Å². The number of halogens is 3. The van der Waals surface area contributed by atoms with Gasteiger partial charge in [0.15, 0.2) is 0 Å². The molecule has 3 amide bonds. The number of carbonyl (C=O) groups is 3. The summed E-state index contributed by atoms with van der Waals surface area (Å²) < 4.78 is 52.2. The number of nitrogens with zero attached hydrogens (tertiary/aromatic N) is 1. The summed E-state index contributed by atoms with van der Waals surface area (Å²) in [6.45, 7) is 3.49. The van der Waals surface area contributed by atoms with Gasteiger partial charge in [0.2, 0.25) is 17.6 Å². The summed E-state index contributed by atoms with van der Waals surface area (Å²) in [6.07, 6.45) is 2.51. The van der Waals surface area contributed by atoms with Crippen LogP contribution in [0.1, 0.15) is 74.9 Å². The molecule has 1 heterocycles. The lowest BCUT2D eigenvalue weighted by molar-refractivity contribution is -0.274. The summed E-state index contributed by atoms with van der Waals surface area (Å²) in [5.41, 5.74) is 0.256. The SMILES string of the molecule is CC[C@H](C)[C@H](NC(=O)[C@H](CC1CCCCC1)NC(=O)c1ccno1)C(=O)NCc1cc(OC(F)(F)F)ccc1OC. The van der Waals surface area contributed by atoms with Crippen molar-refractivity contribution in [1.29, 1.82) is 0 Å². The molecule has 226 valence electrons. The first-order chi connectivity index (χ1) is 19.5. The van der Waals surface area contributed by atoms with Crippen molar-refractivity contribution in [1.82, 2.24) is 21.1 Å². The third-order valence-corrected chi connectivity index (χ3v) is 7.31. The van der Waals surface area contributed by atoms with Crippen molar-refractivity contribution in [2.45, 2.75) is 83.8 Å². The van der Waals surface area contributed by atoms with E-state index in [1.807, 2.05) is 6.92 Å². The van der Waals surface area contributed by atoms with Gasteiger partial charge in [-0.1, -0.05) is 57.5 Å². The third-order valence-electron chi connectivity index (χ3n) is 7.31. The highest BCUT2D eigenvalue weighted by Crippen LogP contribution is 2.29. The van der Waals surface area contributed by atoms with Gasteiger partial charge < -0.3 is 29.9 Å². The monoisotopic (exact) mass is 582 g/mol. The molecule has 1 aromatic carbocycles. The second-order valence-electron chi connectivity index (χ2n) is 10.3. The Kier molecular flexibility index (Phi) is 11.4. The van der Waals surface area contributed by atoms with Crippen molar-refractivity contribution >= 4 is 17.7 Å². The van der Waals surface area contributed by atoms with Gasteiger partial charge in [0.1, 0.15) is 23.6 Å². The van der Waals surface area contributed by atoms with Gasteiger partial charge in [-0.15, -0.1) is 13.2 Å². The van der Waals surface area contributed by atoms with Crippen LogP contribution in [-0.2, 0) is 16.1 Å². The fourth-order valence-electron chi connectivity index (χ4n) is 4.89. The van der Waals surface area contributed by atoms with Crippen molar-refractivity contribution < 1.29 is 41.6 Å². The van der Waals surface area contributed by atoms with Crippen molar-refractivity contribution in [2.24, 2.45) is 11.8 Å². The van der Waals surface area contributed by atoms with Crippen molar-refractivity contribution in [3.05, 3.63) is 41.8 Å². The second-order valence-corrected chi connectivity index (χ2v) is 10.3. The molecular weight excluding hydrogens is 545 g/mol. The minimum atomic E-state index is -4.88. The molecule has 1 fully saturated rings. The zero-order valence-electron chi connectivity index (χ0n) is 23.4. The summed E-state index contributed by atoms with van der Waals surface area (Å²) in [5.74, 6) is -1.92. The standard InChI is InChI=1S/C28H37F3N4O6/c1-4-17(2)24(27(38)32-16-19-15-20(40-28(29,30)31)10-11-22(19)39-3)35-25(36)21(14-18-8-6-5-7-9-18)34-26(37)23-12-13-33-41-23/h10-13,15,17-18,21,24H,4-9,14,16H2,1-3H3,(H,32,38)(H,34,37)(H,35,36)/t17-,21-,24-/m0/s1. The summed E-state index contributed by atoms with van der Waals surface area (Å²) in [4.78, 5) is 39.5. The molecule has 10 nitrogen and oxygen atoms in total. The van der Waals surface area contributed by atoms with Gasteiger partial charge in [-0.05, 0) is 36.5 Å². The molecule has 0 bridgehead atoms. The number of amides is 3. The Morgan fingerprint density at radius 3 is 2.44 bits per heavy atom. The van der Waals surface area contributed by atoms with E-state index >= 15 is 0 Å². The maximum absolute atomic E-state index is 13.5. The van der Waals surface area contributed by atoms with Gasteiger partial charge in [-0.3, -0.25) is 14.4 Å². The Morgan fingerprint density at radius 1 is 1.10 bits per heavy atom. The Hall–Kier alpha value is -3.77. The molecule has 0 aliphatic heterocycles. The fourth-order valence-corrected chi connectivity index (χ4v) is 4.89. The van der Waals surface area contributed by atoms with Crippen LogP contribution >= 0.6 is 0 Å². The number of carbonyl (C=O) groups excluding carboxylic acids is 3. The van der Waals surface area contributed by atoms with Crippen LogP contribution < -0.4 is 25.4 Å². The van der Waals surface area contributed by atoms with Crippen LogP contribution in [0.2, 0.25) is 0 Å². The first-order valence-corrected chi connectivity index (χ1v) is 13.7. The van der Waals surface area contributed by atoms with E-state index in [1.54, 1.807) is 6.92 Å². The van der Waals surface area contributed by atoms with Gasteiger partial charge in [0.25, 0.3) is 5.91 Å². The van der Waals surface area contributed by atoms with E-state index in [0.29, 0.717) is 12.8 Å². The zero-order chi connectivity index (χ0) is 30.0. The molecule has 3 atom stereocenters. The van der Waals surface area contributed by atoms with Crippen LogP contribution in [0.3, 0.4) is 0 Å². The van der Waals surface area contributed by atoms with Crippen LogP contribution in [0.15, 0.2) is 35.0 Å². The van der Waals surface area contributed by atoms with Gasteiger partial charge in [0.05, 0.1) is 13.3 Å². The predicted octanol–water partition coefficient (Wildman–Crippen LogP) is 4.50. The van der Waals surface area contributed by atoms with Crippen molar-refractivity contribution in [2.75, 3.05) is 7.11 Å². The molecule has 41 heavy (non-hydrogen) atoms. The average Bonchev–Trinajstić information content (AvgIpc) is 3.49. The summed E-state index contributed by atoms with van der Waals surface area (Å²) in [5, 5.41) is 11.7. The van der Waals surface area contributed by atoms with Crippen LogP contribution in [0.4, 0.5) is 13.2 Å². The van der Waals surface area contributed by atoms with E-state index in [9.17, 15) is 27.6 Å². The van der Waals surface area contributed by atoms with Crippen LogP contribution in [0.5, 0.6) is 11.5 Å². The number of hydrogen-bond donors (Lipinski definition) is 3. The molecule has 1 aliphatic carbocycles. The topological polar surface area (TPSA) is 132 Å². The van der Waals surface area contributed by atoms with Gasteiger partial charge >= 0.3 is 6.36 Å². The molecule has 0 unspecified atom stereocenters. The van der Waals surface area contributed by atoms with E-state index in [-0.39, 0.29) is 35.5 Å². The highest BCUT2D eigenvalue weighted by atomic mass is 19.4. The number of benzene rings is 1. The molecule has 0 radical (unpaired) electrons. The minimum absolute atomic E-state index is 0.0339. The maximum atomic E-state index is 13.5. The quantitative estimate of drug-likeness (QED) is 0.317. The molecule has 0 saturated heterocycles. The van der Waals surface area contributed by atoms with Gasteiger partial charge in [-0.25, -0.2) is 0 Å². The molecule has 1 saturated carbocycles. The van der Waals surface area contributed by atoms with E-state index in [1.165, 1.54) is 25.4 Å². The van der Waals surface area contributed by atoms with E-state index in [4.69, 9.17) is 9.26 Å². The third kappa shape index (κ3) is 9.68. The molecule has 2 aromatic rings. The molecule has 1 aliphatic rings. The lowest BCUT2D eigenvalue weighted by Crippen LogP contribution is -2.56. The Morgan fingerprint density at radius 2 is 1.83 bits per heavy atom. The largest absolute Gasteiger partial charge is 0.573 e. The Bertz CT molecular complexity index is 1150. The number of ether oxygens (including phenoxy) is 2. The van der Waals surface area contributed by atoms with Crippen LogP contribution in [-0.4, -0.2) is 48.4 Å². The van der Waals surface area contributed by atoms with E-state index < -0.39 is 41.9 Å². The number of methoxy groups -OCH3 is 1. The molecule has 1 aromatic heterocycles. The molecular formula is C28H37F3N4O6. The number of rotatable bonds is 13. The number of aromatic nitrogens is 1. The molecule has 3 N–H and O–H groups in total. The Balaban J connectivity index is 1.73. The lowest BCUT2D eigenvalue weighted by Gasteiger charge is -2.29. The van der Waals surface area contributed by atoms with E-state index in [2.05, 4.69) is 25.8 Å². The van der Waals surface area contributed by atoms with Crippen molar-refractivity contribution in [3.8, 4) is 11.5 Å². The van der Waals surface area contributed by atoms with Crippen LogP contribution in [0, 0.1) is 11.8 Å². The fraction of sp³-hybridized carbons (Fsp3) is 0.571. The smallest absolute Gasteiger partial charge is 0.496 e. The lowest BCUT2D eigenvalue weighted by atomic mass is 9.84. The normalized spacial score (nSPS) is 16.2. The highest BCUT2D eigenvalue weighted by molar-refractivity contribution is 5.96. The van der Waals surface area contributed by atoms with Gasteiger partial charge in [-0.2, -0.15) is 0 Å². The summed E-state index contributed by atoms with van der Waals surface area (Å²) >= 11 is 0. The number of hydrogen-bond acceptors (Lipinski definition) is 7. The zero-order valence-corrected chi connectivity index (χ0v) is 23.4.